The molecule has 1 nitrogen and oxygen atoms in total. The molecular weight excluding hydrogens is 527 g/mol. The molecule has 0 unspecified atom stereocenters. The minimum atomic E-state index is -4.51. The molecule has 0 aliphatic carbocycles. The average molecular weight is 557 g/mol. The van der Waals surface area contributed by atoms with Crippen LogP contribution in [-0.2, 0) is 0 Å². The second kappa shape index (κ2) is 9.36. The first kappa shape index (κ1) is 24.9. The minimum absolute atomic E-state index is 0.961. The van der Waals surface area contributed by atoms with Crippen LogP contribution in [0, 0.1) is 0 Å². The fourth-order valence-electron chi connectivity index (χ4n) is 7.13. The molecule has 2 heteroatoms. The summed E-state index contributed by atoms with van der Waals surface area (Å²) in [4.78, 5) is 15.0. The Labute approximate surface area is 245 Å². The molecule has 0 aliphatic rings. The zero-order chi connectivity index (χ0) is 28.2. The van der Waals surface area contributed by atoms with Crippen LogP contribution >= 0.6 is 6.83 Å². The molecule has 0 heterocycles. The summed E-state index contributed by atoms with van der Waals surface area (Å²) in [5.74, 6) is 0. The monoisotopic (exact) mass is 556 g/mol. The third-order valence-electron chi connectivity index (χ3n) is 8.94. The van der Waals surface area contributed by atoms with Crippen molar-refractivity contribution in [3.63, 3.8) is 0 Å². The van der Waals surface area contributed by atoms with E-state index in [1.165, 1.54) is 0 Å². The molecule has 8 aromatic carbocycles. The van der Waals surface area contributed by atoms with Crippen LogP contribution in [0.3, 0.4) is 0 Å². The van der Waals surface area contributed by atoms with Crippen LogP contribution in [0.2, 0.25) is 0 Å². The Morgan fingerprint density at radius 1 is 0.262 bits per heavy atom. The predicted molar refractivity (Wildman–Crippen MR) is 183 cm³/mol. The van der Waals surface area contributed by atoms with Gasteiger partial charge in [0, 0.05) is 0 Å². The zero-order valence-corrected chi connectivity index (χ0v) is 24.0. The molecule has 0 aromatic heterocycles. The molecule has 0 radical (unpaired) electrons. The first-order valence-corrected chi connectivity index (χ1v) is 16.6. The van der Waals surface area contributed by atoms with E-state index in [1.807, 2.05) is 0 Å². The van der Waals surface area contributed by atoms with Gasteiger partial charge in [0.25, 0.3) is 0 Å². The van der Waals surface area contributed by atoms with Crippen LogP contribution in [0.25, 0.3) is 43.1 Å². The van der Waals surface area contributed by atoms with Crippen molar-refractivity contribution < 1.29 is 4.89 Å². The second-order valence-corrected chi connectivity index (χ2v) is 15.1. The van der Waals surface area contributed by atoms with Gasteiger partial charge >= 0.3 is 246 Å². The van der Waals surface area contributed by atoms with Crippen molar-refractivity contribution in [1.82, 2.24) is 0 Å². The molecule has 0 aliphatic heterocycles. The van der Waals surface area contributed by atoms with Gasteiger partial charge in [0.05, 0.1) is 0 Å². The molecule has 200 valence electrons. The fourth-order valence-corrected chi connectivity index (χ4v) is 12.9. The topological polar surface area (TPSA) is 20.2 Å². The normalized spacial score (nSPS) is 12.9. The maximum absolute atomic E-state index is 15.0. The Morgan fingerprint density at radius 3 is 0.738 bits per heavy atom. The van der Waals surface area contributed by atoms with Crippen LogP contribution in [0.4, 0.5) is 0 Å². The van der Waals surface area contributed by atoms with E-state index in [0.29, 0.717) is 0 Å². The third-order valence-corrected chi connectivity index (χ3v) is 14.3. The number of hydrogen-bond acceptors (Lipinski definition) is 1. The summed E-state index contributed by atoms with van der Waals surface area (Å²) >= 11 is 0. The van der Waals surface area contributed by atoms with Gasteiger partial charge in [0.15, 0.2) is 0 Å². The molecule has 42 heavy (non-hydrogen) atoms. The summed E-state index contributed by atoms with van der Waals surface area (Å²) in [5.41, 5.74) is 0. The molecule has 0 fully saturated rings. The Balaban J connectivity index is 1.75. The molecule has 8 rings (SSSR count). The van der Waals surface area contributed by atoms with Gasteiger partial charge in [-0.25, -0.2) is 0 Å². The van der Waals surface area contributed by atoms with E-state index in [4.69, 9.17) is 0 Å². The molecule has 1 N–H and O–H groups in total. The van der Waals surface area contributed by atoms with Crippen molar-refractivity contribution in [1.29, 1.82) is 0 Å². The van der Waals surface area contributed by atoms with Gasteiger partial charge in [-0.15, -0.1) is 0 Å². The summed E-state index contributed by atoms with van der Waals surface area (Å²) in [5, 5.41) is 12.5. The van der Waals surface area contributed by atoms with Crippen molar-refractivity contribution in [3.8, 4) is 0 Å². The summed E-state index contributed by atoms with van der Waals surface area (Å²) in [6.07, 6.45) is 0. The van der Waals surface area contributed by atoms with Gasteiger partial charge in [-0.1, -0.05) is 0 Å². The predicted octanol–water partition coefficient (Wildman–Crippen LogP) is 8.36. The van der Waals surface area contributed by atoms with E-state index < -0.39 is 6.83 Å². The summed E-state index contributed by atoms with van der Waals surface area (Å²) < 4.78 is 0. The molecule has 0 spiro atoms. The Hall–Kier alpha value is -4.81. The Bertz CT molecular complexity index is 1950. The van der Waals surface area contributed by atoms with Gasteiger partial charge < -0.3 is 0 Å². The number of hydrogen-bond donors (Lipinski definition) is 1. The first-order chi connectivity index (χ1) is 20.7. The standard InChI is InChI=1S/C40H29OP/c41-42(37-25-9-17-29-13-1-5-21-33(29)37,38-26-10-18-30-14-2-6-22-34(30)38,39-27-11-19-31-15-3-7-23-35(31)39)40-28-12-20-32-16-4-8-24-36(32)40/h1-28,41H. The summed E-state index contributed by atoms with van der Waals surface area (Å²) in [6, 6.07) is 59.6. The molecule has 0 saturated heterocycles. The van der Waals surface area contributed by atoms with Crippen molar-refractivity contribution in [2.75, 3.05) is 0 Å². The summed E-state index contributed by atoms with van der Waals surface area (Å²) in [6.45, 7) is -4.51. The molecule has 8 aromatic rings. The quantitative estimate of drug-likeness (QED) is 0.216. The van der Waals surface area contributed by atoms with Crippen molar-refractivity contribution in [2.45, 2.75) is 0 Å². The maximum atomic E-state index is 15.0. The van der Waals surface area contributed by atoms with Crippen LogP contribution in [-0.4, -0.2) is 4.89 Å². The van der Waals surface area contributed by atoms with Gasteiger partial charge in [-0.3, -0.25) is 0 Å². The Kier molecular flexibility index (Phi) is 5.56. The van der Waals surface area contributed by atoms with Crippen molar-refractivity contribution in [3.05, 3.63) is 170 Å². The van der Waals surface area contributed by atoms with Crippen molar-refractivity contribution in [2.24, 2.45) is 0 Å². The number of fused-ring (bicyclic) bond motifs is 4. The van der Waals surface area contributed by atoms with Gasteiger partial charge in [-0.05, 0) is 0 Å². The van der Waals surface area contributed by atoms with Gasteiger partial charge in [0.2, 0.25) is 0 Å². The third kappa shape index (κ3) is 3.33. The molecule has 0 amide bonds. The second-order valence-electron chi connectivity index (χ2n) is 11.1. The van der Waals surface area contributed by atoms with Gasteiger partial charge in [-0.2, -0.15) is 0 Å². The first-order valence-electron chi connectivity index (χ1n) is 14.4. The van der Waals surface area contributed by atoms with E-state index >= 15 is 0 Å². The van der Waals surface area contributed by atoms with Crippen LogP contribution in [0.15, 0.2) is 170 Å². The van der Waals surface area contributed by atoms with Crippen molar-refractivity contribution >= 4 is 71.1 Å². The van der Waals surface area contributed by atoms with E-state index in [2.05, 4.69) is 170 Å². The fraction of sp³-hybridized carbons (Fsp3) is 0. The van der Waals surface area contributed by atoms with Crippen LogP contribution in [0.5, 0.6) is 0 Å². The number of benzene rings is 8. The van der Waals surface area contributed by atoms with E-state index in [9.17, 15) is 4.89 Å². The SMILES string of the molecule is OP(c1cccc2ccccc12)(c1cccc2ccccc12)(c1cccc2ccccc12)c1cccc2ccccc12. The van der Waals surface area contributed by atoms with Crippen LogP contribution in [0.1, 0.15) is 0 Å². The van der Waals surface area contributed by atoms with Crippen LogP contribution < -0.4 is 21.2 Å². The molecule has 0 atom stereocenters. The molecule has 0 saturated carbocycles. The average Bonchev–Trinajstić information content (AvgIpc) is 3.07. The van der Waals surface area contributed by atoms with E-state index in [-0.39, 0.29) is 0 Å². The molecular formula is C40H29OP. The summed E-state index contributed by atoms with van der Waals surface area (Å²) in [7, 11) is 0. The van der Waals surface area contributed by atoms with E-state index in [0.717, 1.165) is 64.3 Å². The van der Waals surface area contributed by atoms with Gasteiger partial charge in [0.1, 0.15) is 0 Å². The molecule has 0 bridgehead atoms. The van der Waals surface area contributed by atoms with E-state index in [1.54, 1.807) is 0 Å². The number of rotatable bonds is 4. The Morgan fingerprint density at radius 2 is 0.476 bits per heavy atom. The zero-order valence-electron chi connectivity index (χ0n) is 23.1.